The first-order valence-corrected chi connectivity index (χ1v) is 10.2. The van der Waals surface area contributed by atoms with Gasteiger partial charge in [-0.15, -0.1) is 11.8 Å². The van der Waals surface area contributed by atoms with Gasteiger partial charge >= 0.3 is 0 Å². The predicted octanol–water partition coefficient (Wildman–Crippen LogP) is 3.31. The number of para-hydroxylation sites is 1. The number of nitrogens with zero attached hydrogens (tertiary/aromatic N) is 1. The summed E-state index contributed by atoms with van der Waals surface area (Å²) in [7, 11) is 0. The lowest BCUT2D eigenvalue weighted by atomic mass is 10.2. The van der Waals surface area contributed by atoms with Crippen molar-refractivity contribution in [3.05, 3.63) is 53.6 Å². The summed E-state index contributed by atoms with van der Waals surface area (Å²) in [5.74, 6) is 0.0663. The molecule has 1 heterocycles. The van der Waals surface area contributed by atoms with E-state index >= 15 is 0 Å². The number of halogens is 1. The van der Waals surface area contributed by atoms with E-state index in [0.717, 1.165) is 16.3 Å². The van der Waals surface area contributed by atoms with Crippen molar-refractivity contribution >= 4 is 52.5 Å². The fraction of sp³-hybridized carbons (Fsp3) is 0.250. The van der Waals surface area contributed by atoms with E-state index in [1.54, 1.807) is 40.9 Å². The van der Waals surface area contributed by atoms with Gasteiger partial charge in [0.05, 0.1) is 12.2 Å². The molecule has 28 heavy (non-hydrogen) atoms. The number of hydrogen-bond donors (Lipinski definition) is 2. The molecule has 0 atom stereocenters. The molecular weight excluding hydrogens is 398 g/mol. The van der Waals surface area contributed by atoms with Gasteiger partial charge in [0.25, 0.3) is 0 Å². The molecule has 2 aromatic rings. The average molecular weight is 418 g/mol. The smallest absolute Gasteiger partial charge is 0.243 e. The van der Waals surface area contributed by atoms with Gasteiger partial charge in [-0.2, -0.15) is 0 Å². The monoisotopic (exact) mass is 417 g/mol. The van der Waals surface area contributed by atoms with Crippen molar-refractivity contribution in [3.8, 4) is 0 Å². The molecule has 0 bridgehead atoms. The zero-order valence-electron chi connectivity index (χ0n) is 15.1. The van der Waals surface area contributed by atoms with E-state index in [4.69, 9.17) is 11.6 Å². The SMILES string of the molecule is O=C(CCC(=O)N1CCSc2ccccc21)NCC(=O)Nc1ccc(Cl)cc1. The lowest BCUT2D eigenvalue weighted by Gasteiger charge is -2.29. The normalized spacial score (nSPS) is 12.8. The van der Waals surface area contributed by atoms with Gasteiger partial charge in [0.15, 0.2) is 0 Å². The first-order valence-electron chi connectivity index (χ1n) is 8.87. The summed E-state index contributed by atoms with van der Waals surface area (Å²) in [5.41, 5.74) is 1.49. The van der Waals surface area contributed by atoms with E-state index < -0.39 is 0 Å². The molecule has 146 valence electrons. The minimum absolute atomic E-state index is 0.0405. The van der Waals surface area contributed by atoms with Crippen molar-refractivity contribution in [2.75, 3.05) is 29.1 Å². The molecule has 0 spiro atoms. The Morgan fingerprint density at radius 3 is 2.54 bits per heavy atom. The summed E-state index contributed by atoms with van der Waals surface area (Å²) >= 11 is 7.52. The number of thioether (sulfide) groups is 1. The molecule has 2 aromatic carbocycles. The Labute approximate surface area is 172 Å². The standard InChI is InChI=1S/C20H20ClN3O3S/c21-14-5-7-15(8-6-14)23-19(26)13-22-18(25)9-10-20(27)24-11-12-28-17-4-2-1-3-16(17)24/h1-8H,9-13H2,(H,22,25)(H,23,26). The fourth-order valence-electron chi connectivity index (χ4n) is 2.79. The summed E-state index contributed by atoms with van der Waals surface area (Å²) < 4.78 is 0. The second kappa shape index (κ2) is 9.61. The molecule has 0 aliphatic carbocycles. The first-order chi connectivity index (χ1) is 13.5. The summed E-state index contributed by atoms with van der Waals surface area (Å²) in [6.07, 6.45) is 0.141. The molecule has 0 fully saturated rings. The minimum Gasteiger partial charge on any atom is -0.347 e. The number of amides is 3. The van der Waals surface area contributed by atoms with Crippen LogP contribution in [0.25, 0.3) is 0 Å². The third-order valence-corrected chi connectivity index (χ3v) is 5.46. The Hall–Kier alpha value is -2.51. The van der Waals surface area contributed by atoms with Gasteiger partial charge in [-0.3, -0.25) is 14.4 Å². The Morgan fingerprint density at radius 2 is 1.75 bits per heavy atom. The van der Waals surface area contributed by atoms with Gasteiger partial charge < -0.3 is 15.5 Å². The number of benzene rings is 2. The molecule has 1 aliphatic rings. The molecule has 3 rings (SSSR count). The number of carbonyl (C=O) groups is 3. The molecule has 1 aliphatic heterocycles. The Bertz CT molecular complexity index is 873. The first kappa shape index (κ1) is 20.2. The zero-order chi connectivity index (χ0) is 19.9. The van der Waals surface area contributed by atoms with Crippen molar-refractivity contribution in [3.63, 3.8) is 0 Å². The maximum Gasteiger partial charge on any atom is 0.243 e. The highest BCUT2D eigenvalue weighted by molar-refractivity contribution is 7.99. The number of fused-ring (bicyclic) bond motifs is 1. The van der Waals surface area contributed by atoms with Crippen LogP contribution in [0.5, 0.6) is 0 Å². The van der Waals surface area contributed by atoms with Gasteiger partial charge in [0, 0.05) is 40.7 Å². The minimum atomic E-state index is -0.344. The van der Waals surface area contributed by atoms with Crippen molar-refractivity contribution < 1.29 is 14.4 Å². The van der Waals surface area contributed by atoms with Gasteiger partial charge in [0.1, 0.15) is 0 Å². The van der Waals surface area contributed by atoms with E-state index in [1.807, 2.05) is 24.3 Å². The highest BCUT2D eigenvalue weighted by Gasteiger charge is 2.22. The molecular formula is C20H20ClN3O3S. The van der Waals surface area contributed by atoms with Gasteiger partial charge in [0.2, 0.25) is 17.7 Å². The van der Waals surface area contributed by atoms with E-state index in [0.29, 0.717) is 17.3 Å². The molecule has 0 saturated heterocycles. The zero-order valence-corrected chi connectivity index (χ0v) is 16.7. The summed E-state index contributed by atoms with van der Waals surface area (Å²) in [6, 6.07) is 14.4. The van der Waals surface area contributed by atoms with Crippen LogP contribution in [0, 0.1) is 0 Å². The molecule has 0 unspecified atom stereocenters. The average Bonchev–Trinajstić information content (AvgIpc) is 2.71. The Morgan fingerprint density at radius 1 is 1.00 bits per heavy atom. The number of anilines is 2. The van der Waals surface area contributed by atoms with Crippen LogP contribution in [0.2, 0.25) is 5.02 Å². The van der Waals surface area contributed by atoms with Crippen molar-refractivity contribution in [1.82, 2.24) is 5.32 Å². The van der Waals surface area contributed by atoms with Crippen LogP contribution in [-0.2, 0) is 14.4 Å². The highest BCUT2D eigenvalue weighted by Crippen LogP contribution is 2.34. The van der Waals surface area contributed by atoms with E-state index in [1.165, 1.54) is 0 Å². The predicted molar refractivity (Wildman–Crippen MR) is 112 cm³/mol. The quantitative estimate of drug-likeness (QED) is 0.755. The summed E-state index contributed by atoms with van der Waals surface area (Å²) in [5, 5.41) is 5.78. The molecule has 3 amide bonds. The lowest BCUT2D eigenvalue weighted by molar-refractivity contribution is -0.126. The van der Waals surface area contributed by atoms with Crippen molar-refractivity contribution in [2.24, 2.45) is 0 Å². The molecule has 0 aromatic heterocycles. The Kier molecular flexibility index (Phi) is 6.95. The number of carbonyl (C=O) groups excluding carboxylic acids is 3. The largest absolute Gasteiger partial charge is 0.347 e. The van der Waals surface area contributed by atoms with Crippen LogP contribution in [0.3, 0.4) is 0 Å². The van der Waals surface area contributed by atoms with Crippen LogP contribution in [-0.4, -0.2) is 36.6 Å². The lowest BCUT2D eigenvalue weighted by Crippen LogP contribution is -2.37. The Balaban J connectivity index is 1.42. The number of hydrogen-bond acceptors (Lipinski definition) is 4. The fourth-order valence-corrected chi connectivity index (χ4v) is 3.91. The van der Waals surface area contributed by atoms with Gasteiger partial charge in [-0.05, 0) is 36.4 Å². The van der Waals surface area contributed by atoms with Crippen molar-refractivity contribution in [2.45, 2.75) is 17.7 Å². The molecule has 0 radical (unpaired) electrons. The summed E-state index contributed by atoms with van der Waals surface area (Å²) in [4.78, 5) is 39.2. The molecule has 2 N–H and O–H groups in total. The maximum atomic E-state index is 12.5. The van der Waals surface area contributed by atoms with E-state index in [-0.39, 0.29) is 37.1 Å². The molecule has 0 saturated carbocycles. The van der Waals surface area contributed by atoms with Crippen LogP contribution in [0.1, 0.15) is 12.8 Å². The van der Waals surface area contributed by atoms with E-state index in [9.17, 15) is 14.4 Å². The van der Waals surface area contributed by atoms with Gasteiger partial charge in [-0.25, -0.2) is 0 Å². The van der Waals surface area contributed by atoms with Crippen LogP contribution in [0.15, 0.2) is 53.4 Å². The van der Waals surface area contributed by atoms with Crippen LogP contribution < -0.4 is 15.5 Å². The summed E-state index contributed by atoms with van der Waals surface area (Å²) in [6.45, 7) is 0.477. The third kappa shape index (κ3) is 5.50. The van der Waals surface area contributed by atoms with E-state index in [2.05, 4.69) is 10.6 Å². The maximum absolute atomic E-state index is 12.5. The topological polar surface area (TPSA) is 78.5 Å². The number of rotatable bonds is 6. The second-order valence-electron chi connectivity index (χ2n) is 6.19. The van der Waals surface area contributed by atoms with Crippen molar-refractivity contribution in [1.29, 1.82) is 0 Å². The third-order valence-electron chi connectivity index (χ3n) is 4.17. The van der Waals surface area contributed by atoms with Crippen LogP contribution >= 0.6 is 23.4 Å². The molecule has 8 heteroatoms. The van der Waals surface area contributed by atoms with Gasteiger partial charge in [-0.1, -0.05) is 23.7 Å². The number of nitrogens with one attached hydrogen (secondary N) is 2. The second-order valence-corrected chi connectivity index (χ2v) is 7.77. The molecule has 6 nitrogen and oxygen atoms in total. The van der Waals surface area contributed by atoms with Crippen LogP contribution in [0.4, 0.5) is 11.4 Å². The highest BCUT2D eigenvalue weighted by atomic mass is 35.5.